The van der Waals surface area contributed by atoms with Crippen molar-refractivity contribution in [3.8, 4) is 0 Å². The number of fused-ring (bicyclic) bond motifs is 6. The molecule has 3 aliphatic rings. The second kappa shape index (κ2) is 10.8. The zero-order valence-corrected chi connectivity index (χ0v) is 24.1. The normalized spacial score (nSPS) is 37.7. The van der Waals surface area contributed by atoms with Crippen molar-refractivity contribution in [3.63, 3.8) is 0 Å². The van der Waals surface area contributed by atoms with Crippen LogP contribution < -0.4 is 17.0 Å². The molecule has 8 N–H and O–H groups in total. The van der Waals surface area contributed by atoms with Crippen molar-refractivity contribution in [1.82, 2.24) is 39.0 Å². The largest absolute Gasteiger partial charge is 0.472 e. The molecule has 0 spiro atoms. The van der Waals surface area contributed by atoms with Gasteiger partial charge in [-0.3, -0.25) is 37.0 Å². The van der Waals surface area contributed by atoms with Crippen molar-refractivity contribution < 1.29 is 56.0 Å². The van der Waals surface area contributed by atoms with Crippen LogP contribution in [0.15, 0.2) is 23.8 Å². The quantitative estimate of drug-likeness (QED) is 0.133. The van der Waals surface area contributed by atoms with Crippen molar-refractivity contribution in [2.45, 2.75) is 49.1 Å². The highest BCUT2D eigenvalue weighted by molar-refractivity contribution is 7.47. The number of halogens is 1. The second-order valence-corrected chi connectivity index (χ2v) is 12.9. The molecular weight excluding hydrogens is 653 g/mol. The van der Waals surface area contributed by atoms with Crippen LogP contribution >= 0.6 is 15.6 Å². The number of aliphatic hydroxyl groups excluding tert-OH is 1. The monoisotopic (exact) mass is 676 g/mol. The highest BCUT2D eigenvalue weighted by atomic mass is 31.2. The first kappa shape index (κ1) is 30.2. The minimum Gasteiger partial charge on any atom is -0.387 e. The standard InChI is InChI=1S/C20H23FN10O12P2/c21-8-6-1-38-45(36,37)43-13-11(32)7(41-19(13)30-4-26-9-14(22)24-3-25-15(9)30)2-39-44(34,35)42-12(8)18(40-6)31-5-27-10-16(31)28-20(23)29-17(10)33/h3-8,11-13,18-19,32H,1-2H2,(H,34,35)(H,36,37)(H2,22,24,25)(H3,23,28,29,33)/t6-,7-,8-,11-,12-,13-,18-,19-/m1/s1. The number of aliphatic hydroxyl groups is 1. The first-order valence-electron chi connectivity index (χ1n) is 12.9. The number of aromatic nitrogens is 8. The van der Waals surface area contributed by atoms with Gasteiger partial charge in [-0.25, -0.2) is 33.5 Å². The van der Waals surface area contributed by atoms with E-state index in [2.05, 4.69) is 29.9 Å². The number of rotatable bonds is 2. The van der Waals surface area contributed by atoms with Gasteiger partial charge in [0.15, 0.2) is 41.3 Å². The number of hydrogen-bond acceptors (Lipinski definition) is 17. The van der Waals surface area contributed by atoms with Gasteiger partial charge in [0.05, 0.1) is 25.9 Å². The third-order valence-corrected chi connectivity index (χ3v) is 9.25. The maximum absolute atomic E-state index is 15.8. The minimum absolute atomic E-state index is 0.00597. The fourth-order valence-electron chi connectivity index (χ4n) is 5.25. The summed E-state index contributed by atoms with van der Waals surface area (Å²) in [7, 11) is -10.3. The predicted molar refractivity (Wildman–Crippen MR) is 142 cm³/mol. The maximum atomic E-state index is 15.8. The highest BCUT2D eigenvalue weighted by Crippen LogP contribution is 2.54. The highest BCUT2D eigenvalue weighted by Gasteiger charge is 2.54. The van der Waals surface area contributed by atoms with Gasteiger partial charge in [-0.1, -0.05) is 0 Å². The smallest absolute Gasteiger partial charge is 0.387 e. The third-order valence-electron chi connectivity index (χ3n) is 7.28. The number of phosphoric acid groups is 2. The average molecular weight is 676 g/mol. The molecule has 7 heterocycles. The van der Waals surface area contributed by atoms with Crippen LogP contribution in [0.1, 0.15) is 12.5 Å². The molecule has 0 radical (unpaired) electrons. The van der Waals surface area contributed by atoms with Crippen molar-refractivity contribution in [2.24, 2.45) is 0 Å². The number of nitrogen functional groups attached to an aromatic ring is 2. The van der Waals surface area contributed by atoms with Crippen LogP contribution in [0, 0.1) is 0 Å². The number of ether oxygens (including phenoxy) is 2. The van der Waals surface area contributed by atoms with Crippen molar-refractivity contribution in [2.75, 3.05) is 24.7 Å². The first-order valence-corrected chi connectivity index (χ1v) is 15.9. The number of imidazole rings is 2. The number of aromatic amines is 1. The fraction of sp³-hybridized carbons (Fsp3) is 0.500. The van der Waals surface area contributed by atoms with E-state index in [0.717, 1.165) is 17.2 Å². The molecule has 3 fully saturated rings. The van der Waals surface area contributed by atoms with Crippen LogP contribution in [-0.2, 0) is 36.7 Å². The van der Waals surface area contributed by atoms with Gasteiger partial charge in [0.1, 0.15) is 42.4 Å². The molecule has 0 amide bonds. The molecule has 10 atom stereocenters. The molecule has 25 heteroatoms. The SMILES string of the molecule is Nc1nc2c(ncn2[C@@H]2O[C@@H]3COP(=O)(O)O[C@@H]4[C@H](O)[C@@H](COP(=O)(O)O[C@@H]2[C@@H]3F)O[C@H]4n2cnc3c(N)ncnc32)c(=O)[nH]1. The summed E-state index contributed by atoms with van der Waals surface area (Å²) in [5, 5.41) is 11.0. The van der Waals surface area contributed by atoms with Crippen LogP contribution in [0.5, 0.6) is 0 Å². The Morgan fingerprint density at radius 2 is 1.49 bits per heavy atom. The predicted octanol–water partition coefficient (Wildman–Crippen LogP) is -1.36. The Bertz CT molecular complexity index is 1940. The minimum atomic E-state index is -5.17. The fourth-order valence-corrected chi connectivity index (χ4v) is 7.11. The summed E-state index contributed by atoms with van der Waals surface area (Å²) in [4.78, 5) is 55.6. The summed E-state index contributed by atoms with van der Waals surface area (Å²) >= 11 is 0. The lowest BCUT2D eigenvalue weighted by molar-refractivity contribution is -0.0674. The van der Waals surface area contributed by atoms with Crippen LogP contribution in [0.2, 0.25) is 0 Å². The van der Waals surface area contributed by atoms with E-state index < -0.39 is 83.6 Å². The van der Waals surface area contributed by atoms with Gasteiger partial charge in [-0.15, -0.1) is 0 Å². The van der Waals surface area contributed by atoms with Crippen LogP contribution in [-0.4, -0.2) is 104 Å². The Morgan fingerprint density at radius 3 is 2.22 bits per heavy atom. The molecule has 4 bridgehead atoms. The van der Waals surface area contributed by atoms with Gasteiger partial charge < -0.3 is 35.8 Å². The van der Waals surface area contributed by atoms with E-state index in [0.29, 0.717) is 0 Å². The van der Waals surface area contributed by atoms with E-state index in [9.17, 15) is 28.8 Å². The molecule has 0 aliphatic carbocycles. The van der Waals surface area contributed by atoms with Gasteiger partial charge in [-0.05, 0) is 0 Å². The number of anilines is 2. The van der Waals surface area contributed by atoms with Gasteiger partial charge in [0.2, 0.25) is 5.95 Å². The molecule has 7 rings (SSSR count). The van der Waals surface area contributed by atoms with E-state index in [-0.39, 0.29) is 34.1 Å². The number of nitrogens with one attached hydrogen (secondary N) is 1. The summed E-state index contributed by atoms with van der Waals surface area (Å²) < 4.78 is 76.3. The molecule has 22 nitrogen and oxygen atoms in total. The summed E-state index contributed by atoms with van der Waals surface area (Å²) in [6.45, 7) is -1.81. The lowest BCUT2D eigenvalue weighted by atomic mass is 10.1. The van der Waals surface area contributed by atoms with Crippen LogP contribution in [0.4, 0.5) is 16.2 Å². The molecule has 3 saturated heterocycles. The van der Waals surface area contributed by atoms with Gasteiger partial charge >= 0.3 is 15.6 Å². The number of alkyl halides is 1. The molecular formula is C20H23FN10O12P2. The zero-order valence-electron chi connectivity index (χ0n) is 22.3. The lowest BCUT2D eigenvalue weighted by Crippen LogP contribution is -2.36. The summed E-state index contributed by atoms with van der Waals surface area (Å²) in [5.41, 5.74) is 10.6. The number of phosphoric ester groups is 2. The Kier molecular flexibility index (Phi) is 7.26. The zero-order chi connectivity index (χ0) is 31.8. The number of nitrogens with zero attached hydrogens (tertiary/aromatic N) is 7. The Hall–Kier alpha value is -3.47. The summed E-state index contributed by atoms with van der Waals surface area (Å²) in [6, 6.07) is 0. The van der Waals surface area contributed by atoms with Crippen molar-refractivity contribution >= 4 is 49.7 Å². The second-order valence-electron chi connectivity index (χ2n) is 10.1. The summed E-state index contributed by atoms with van der Waals surface area (Å²) in [6.07, 6.45) is -10.6. The number of hydrogen-bond donors (Lipinski definition) is 6. The van der Waals surface area contributed by atoms with Crippen LogP contribution in [0.25, 0.3) is 22.3 Å². The molecule has 3 aliphatic heterocycles. The lowest BCUT2D eigenvalue weighted by Gasteiger charge is -2.25. The van der Waals surface area contributed by atoms with Gasteiger partial charge in [0, 0.05) is 0 Å². The van der Waals surface area contributed by atoms with Gasteiger partial charge in [0.25, 0.3) is 5.56 Å². The summed E-state index contributed by atoms with van der Waals surface area (Å²) in [5.74, 6) is -0.313. The number of nitrogens with two attached hydrogens (primary N) is 2. The topological polar surface area (TPSA) is 309 Å². The molecule has 4 aromatic heterocycles. The van der Waals surface area contributed by atoms with E-state index >= 15 is 4.39 Å². The van der Waals surface area contributed by atoms with Crippen molar-refractivity contribution in [1.29, 1.82) is 0 Å². The Morgan fingerprint density at radius 1 is 0.889 bits per heavy atom. The van der Waals surface area contributed by atoms with E-state index in [1.165, 1.54) is 10.9 Å². The molecule has 4 aromatic rings. The molecule has 2 unspecified atom stereocenters. The first-order chi connectivity index (χ1) is 21.3. The van der Waals surface area contributed by atoms with Gasteiger partial charge in [-0.2, -0.15) is 4.98 Å². The van der Waals surface area contributed by atoms with Crippen LogP contribution in [0.3, 0.4) is 0 Å². The maximum Gasteiger partial charge on any atom is 0.472 e. The molecule has 45 heavy (non-hydrogen) atoms. The molecule has 0 aromatic carbocycles. The van der Waals surface area contributed by atoms with E-state index in [4.69, 9.17) is 39.0 Å². The van der Waals surface area contributed by atoms with Crippen molar-refractivity contribution in [3.05, 3.63) is 29.3 Å². The number of H-pyrrole nitrogens is 1. The van der Waals surface area contributed by atoms with E-state index in [1.807, 2.05) is 0 Å². The Labute approximate surface area is 248 Å². The average Bonchev–Trinajstić information content (AvgIpc) is 3.72. The van der Waals surface area contributed by atoms with E-state index in [1.54, 1.807) is 0 Å². The third kappa shape index (κ3) is 5.30. The molecule has 0 saturated carbocycles. The molecule has 242 valence electrons. The Balaban J connectivity index is 1.23.